The van der Waals surface area contributed by atoms with Crippen molar-refractivity contribution in [3.8, 4) is 0 Å². The molecule has 0 aliphatic carbocycles. The fourth-order valence-corrected chi connectivity index (χ4v) is 0.884. The van der Waals surface area contributed by atoms with Crippen molar-refractivity contribution in [1.29, 1.82) is 0 Å². The first-order valence-corrected chi connectivity index (χ1v) is 4.89. The molecule has 0 atom stereocenters. The molecular formula is C10H20N2O. The van der Waals surface area contributed by atoms with E-state index in [1.54, 1.807) is 0 Å². The number of rotatable bonds is 8. The van der Waals surface area contributed by atoms with Gasteiger partial charge < -0.3 is 10.6 Å². The highest BCUT2D eigenvalue weighted by Crippen LogP contribution is 1.80. The minimum Gasteiger partial charge on any atom is -0.356 e. The molecule has 0 saturated carbocycles. The second kappa shape index (κ2) is 9.26. The fourth-order valence-electron chi connectivity index (χ4n) is 0.884. The van der Waals surface area contributed by atoms with Crippen molar-refractivity contribution in [3.05, 3.63) is 12.7 Å². The number of hydrogen-bond acceptors (Lipinski definition) is 2. The number of carbonyl (C=O) groups is 1. The van der Waals surface area contributed by atoms with Crippen molar-refractivity contribution in [3.63, 3.8) is 0 Å². The highest BCUT2D eigenvalue weighted by atomic mass is 16.1. The molecule has 76 valence electrons. The van der Waals surface area contributed by atoms with Crippen molar-refractivity contribution in [1.82, 2.24) is 10.6 Å². The van der Waals surface area contributed by atoms with Crippen molar-refractivity contribution < 1.29 is 4.79 Å². The van der Waals surface area contributed by atoms with Crippen LogP contribution >= 0.6 is 0 Å². The first-order valence-electron chi connectivity index (χ1n) is 4.89. The maximum absolute atomic E-state index is 11.1. The lowest BCUT2D eigenvalue weighted by atomic mass is 10.3. The normalized spacial score (nSPS) is 9.62. The molecule has 0 aromatic carbocycles. The lowest BCUT2D eigenvalue weighted by Gasteiger charge is -2.03. The Labute approximate surface area is 80.6 Å². The van der Waals surface area contributed by atoms with Crippen LogP contribution in [0.2, 0.25) is 0 Å². The minimum atomic E-state index is 0.132. The van der Waals surface area contributed by atoms with Crippen molar-refractivity contribution >= 4 is 5.91 Å². The minimum absolute atomic E-state index is 0.132. The molecule has 1 amide bonds. The Kier molecular flexibility index (Phi) is 8.67. The van der Waals surface area contributed by atoms with Crippen LogP contribution in [0.4, 0.5) is 0 Å². The molecular weight excluding hydrogens is 164 g/mol. The summed E-state index contributed by atoms with van der Waals surface area (Å²) in [6, 6.07) is 0. The van der Waals surface area contributed by atoms with E-state index in [0.29, 0.717) is 6.42 Å². The zero-order valence-corrected chi connectivity index (χ0v) is 8.44. The Balaban J connectivity index is 3.12. The molecule has 0 unspecified atom stereocenters. The lowest BCUT2D eigenvalue weighted by Crippen LogP contribution is -2.28. The Morgan fingerprint density at radius 1 is 1.38 bits per heavy atom. The third-order valence-corrected chi connectivity index (χ3v) is 1.63. The van der Waals surface area contributed by atoms with E-state index in [2.05, 4.69) is 17.2 Å². The fraction of sp³-hybridized carbons (Fsp3) is 0.700. The number of nitrogens with one attached hydrogen (secondary N) is 2. The Morgan fingerprint density at radius 2 is 2.15 bits per heavy atom. The molecule has 0 radical (unpaired) electrons. The van der Waals surface area contributed by atoms with Gasteiger partial charge in [-0.25, -0.2) is 0 Å². The second-order valence-electron chi connectivity index (χ2n) is 2.93. The third kappa shape index (κ3) is 9.08. The van der Waals surface area contributed by atoms with E-state index in [-0.39, 0.29) is 5.91 Å². The van der Waals surface area contributed by atoms with Gasteiger partial charge in [-0.2, -0.15) is 0 Å². The van der Waals surface area contributed by atoms with E-state index in [1.807, 2.05) is 13.0 Å². The zero-order chi connectivity index (χ0) is 9.94. The van der Waals surface area contributed by atoms with E-state index in [0.717, 1.165) is 32.5 Å². The summed E-state index contributed by atoms with van der Waals surface area (Å²) in [5, 5.41) is 5.99. The van der Waals surface area contributed by atoms with Gasteiger partial charge in [0.15, 0.2) is 0 Å². The van der Waals surface area contributed by atoms with Gasteiger partial charge in [0.2, 0.25) is 5.91 Å². The summed E-state index contributed by atoms with van der Waals surface area (Å²) in [6.07, 6.45) is 4.38. The lowest BCUT2D eigenvalue weighted by molar-refractivity contribution is -0.120. The van der Waals surface area contributed by atoms with Crippen LogP contribution in [0.1, 0.15) is 26.2 Å². The monoisotopic (exact) mass is 184 g/mol. The molecule has 0 heterocycles. The largest absolute Gasteiger partial charge is 0.356 e. The molecule has 0 spiro atoms. The second-order valence-corrected chi connectivity index (χ2v) is 2.93. The van der Waals surface area contributed by atoms with Gasteiger partial charge in [0.25, 0.3) is 0 Å². The standard InChI is InChI=1S/C10H20N2O/c1-3-5-8-11-9-6-10(13)12-7-4-2/h3,11H,1,4-9H2,2H3,(H,12,13). The van der Waals surface area contributed by atoms with Gasteiger partial charge in [-0.05, 0) is 19.4 Å². The van der Waals surface area contributed by atoms with E-state index in [1.165, 1.54) is 0 Å². The quantitative estimate of drug-likeness (QED) is 0.437. The smallest absolute Gasteiger partial charge is 0.221 e. The van der Waals surface area contributed by atoms with E-state index >= 15 is 0 Å². The summed E-state index contributed by atoms with van der Waals surface area (Å²) in [5.41, 5.74) is 0. The summed E-state index contributed by atoms with van der Waals surface area (Å²) in [4.78, 5) is 11.1. The first kappa shape index (κ1) is 12.2. The highest BCUT2D eigenvalue weighted by Gasteiger charge is 1.97. The van der Waals surface area contributed by atoms with Gasteiger partial charge in [0.05, 0.1) is 0 Å². The number of amides is 1. The van der Waals surface area contributed by atoms with E-state index in [4.69, 9.17) is 0 Å². The van der Waals surface area contributed by atoms with Crippen LogP contribution < -0.4 is 10.6 Å². The predicted molar refractivity (Wildman–Crippen MR) is 55.6 cm³/mol. The molecule has 3 heteroatoms. The molecule has 0 aliphatic rings. The average Bonchev–Trinajstić information content (AvgIpc) is 2.14. The van der Waals surface area contributed by atoms with E-state index in [9.17, 15) is 4.79 Å². The van der Waals surface area contributed by atoms with Crippen molar-refractivity contribution in [2.24, 2.45) is 0 Å². The molecule has 0 aliphatic heterocycles. The molecule has 0 rings (SSSR count). The highest BCUT2D eigenvalue weighted by molar-refractivity contribution is 5.75. The molecule has 13 heavy (non-hydrogen) atoms. The molecule has 3 nitrogen and oxygen atoms in total. The average molecular weight is 184 g/mol. The number of hydrogen-bond donors (Lipinski definition) is 2. The van der Waals surface area contributed by atoms with Crippen LogP contribution in [0.3, 0.4) is 0 Å². The topological polar surface area (TPSA) is 41.1 Å². The maximum Gasteiger partial charge on any atom is 0.221 e. The Hall–Kier alpha value is -0.830. The van der Waals surface area contributed by atoms with Crippen LogP contribution in [0, 0.1) is 0 Å². The summed E-state index contributed by atoms with van der Waals surface area (Å²) in [5.74, 6) is 0.132. The molecule has 0 bridgehead atoms. The third-order valence-electron chi connectivity index (χ3n) is 1.63. The predicted octanol–water partition coefficient (Wildman–Crippen LogP) is 1.07. The molecule has 2 N–H and O–H groups in total. The first-order chi connectivity index (χ1) is 6.31. The van der Waals surface area contributed by atoms with Crippen molar-refractivity contribution in [2.75, 3.05) is 19.6 Å². The zero-order valence-electron chi connectivity index (χ0n) is 8.44. The van der Waals surface area contributed by atoms with Crippen LogP contribution in [-0.2, 0) is 4.79 Å². The molecule has 0 fully saturated rings. The SMILES string of the molecule is C=CCCNCCC(=O)NCCC. The van der Waals surface area contributed by atoms with Gasteiger partial charge >= 0.3 is 0 Å². The van der Waals surface area contributed by atoms with Gasteiger partial charge in [0, 0.05) is 19.5 Å². The Bertz CT molecular complexity index is 146. The van der Waals surface area contributed by atoms with Gasteiger partial charge in [-0.1, -0.05) is 13.0 Å². The van der Waals surface area contributed by atoms with Crippen LogP contribution in [-0.4, -0.2) is 25.5 Å². The maximum atomic E-state index is 11.1. The van der Waals surface area contributed by atoms with Gasteiger partial charge in [0.1, 0.15) is 0 Å². The van der Waals surface area contributed by atoms with Gasteiger partial charge in [-0.15, -0.1) is 6.58 Å². The summed E-state index contributed by atoms with van der Waals surface area (Å²) in [7, 11) is 0. The van der Waals surface area contributed by atoms with Crippen LogP contribution in [0.25, 0.3) is 0 Å². The van der Waals surface area contributed by atoms with Crippen molar-refractivity contribution in [2.45, 2.75) is 26.2 Å². The van der Waals surface area contributed by atoms with E-state index < -0.39 is 0 Å². The Morgan fingerprint density at radius 3 is 2.77 bits per heavy atom. The summed E-state index contributed by atoms with van der Waals surface area (Å²) in [6.45, 7) is 8.10. The van der Waals surface area contributed by atoms with Gasteiger partial charge in [-0.3, -0.25) is 4.79 Å². The summed E-state index contributed by atoms with van der Waals surface area (Å²) < 4.78 is 0. The summed E-state index contributed by atoms with van der Waals surface area (Å²) >= 11 is 0. The molecule has 0 aromatic heterocycles. The number of carbonyl (C=O) groups excluding carboxylic acids is 1. The molecule has 0 aromatic rings. The molecule has 0 saturated heterocycles. The van der Waals surface area contributed by atoms with Crippen LogP contribution in [0.15, 0.2) is 12.7 Å². The van der Waals surface area contributed by atoms with Crippen LogP contribution in [0.5, 0.6) is 0 Å².